The van der Waals surface area contributed by atoms with Crippen LogP contribution in [0.5, 0.6) is 0 Å². The molecule has 6 heteroatoms. The number of carboxylic acids is 1. The molecule has 1 aliphatic heterocycles. The Kier molecular flexibility index (Phi) is 5.36. The summed E-state index contributed by atoms with van der Waals surface area (Å²) in [6.07, 6.45) is 5.61. The van der Waals surface area contributed by atoms with E-state index in [2.05, 4.69) is 5.32 Å². The van der Waals surface area contributed by atoms with Gasteiger partial charge in [-0.15, -0.1) is 0 Å². The summed E-state index contributed by atoms with van der Waals surface area (Å²) in [4.78, 5) is 37.9. The molecule has 1 aromatic carbocycles. The van der Waals surface area contributed by atoms with Crippen molar-refractivity contribution in [3.8, 4) is 0 Å². The monoisotopic (exact) mass is 344 g/mol. The third kappa shape index (κ3) is 4.18. The molecule has 2 N–H and O–H groups in total. The molecule has 1 heterocycles. The second kappa shape index (κ2) is 7.68. The Balaban J connectivity index is 1.55. The van der Waals surface area contributed by atoms with E-state index < -0.39 is 5.97 Å². The van der Waals surface area contributed by atoms with Gasteiger partial charge >= 0.3 is 5.97 Å². The second-order valence-corrected chi connectivity index (χ2v) is 6.95. The lowest BCUT2D eigenvalue weighted by atomic mass is 10.0. The van der Waals surface area contributed by atoms with Crippen molar-refractivity contribution in [1.82, 2.24) is 10.2 Å². The van der Waals surface area contributed by atoms with Crippen LogP contribution in [0.15, 0.2) is 24.3 Å². The van der Waals surface area contributed by atoms with E-state index in [1.165, 1.54) is 18.6 Å². The number of piperidine rings is 1. The Morgan fingerprint density at radius 3 is 2.48 bits per heavy atom. The van der Waals surface area contributed by atoms with E-state index in [0.717, 1.165) is 38.8 Å². The molecule has 0 radical (unpaired) electrons. The number of aromatic carboxylic acids is 1. The molecule has 0 spiro atoms. The van der Waals surface area contributed by atoms with Crippen molar-refractivity contribution in [3.63, 3.8) is 0 Å². The Bertz CT molecular complexity index is 667. The van der Waals surface area contributed by atoms with E-state index in [4.69, 9.17) is 5.11 Å². The van der Waals surface area contributed by atoms with E-state index in [1.54, 1.807) is 12.1 Å². The van der Waals surface area contributed by atoms with Crippen LogP contribution in [-0.2, 0) is 4.79 Å². The molecule has 2 amide bonds. The van der Waals surface area contributed by atoms with Crippen LogP contribution in [-0.4, -0.2) is 46.9 Å². The normalized spacial score (nSPS) is 23.3. The van der Waals surface area contributed by atoms with Gasteiger partial charge in [-0.2, -0.15) is 0 Å². The van der Waals surface area contributed by atoms with Gasteiger partial charge in [0, 0.05) is 30.6 Å². The van der Waals surface area contributed by atoms with Crippen molar-refractivity contribution in [2.75, 3.05) is 13.1 Å². The first-order chi connectivity index (χ1) is 12.0. The molecule has 1 aliphatic carbocycles. The highest BCUT2D eigenvalue weighted by atomic mass is 16.4. The summed E-state index contributed by atoms with van der Waals surface area (Å²) < 4.78 is 0. The number of nitrogens with one attached hydrogen (secondary N) is 1. The standard InChI is InChI=1S/C19H24N2O4/c22-17(13-5-4-6-15(11-13)19(24)25)20-16-8-7-14(12-16)18(23)21-9-2-1-3-10-21/h4-6,11,14,16H,1-3,7-10,12H2,(H,20,22)(H,24,25)/t14-,16+/m1/s1. The smallest absolute Gasteiger partial charge is 0.335 e. The lowest BCUT2D eigenvalue weighted by Crippen LogP contribution is -2.40. The van der Waals surface area contributed by atoms with Crippen LogP contribution in [0.2, 0.25) is 0 Å². The number of carbonyl (C=O) groups excluding carboxylic acids is 2. The van der Waals surface area contributed by atoms with Crippen molar-refractivity contribution in [1.29, 1.82) is 0 Å². The van der Waals surface area contributed by atoms with Gasteiger partial charge in [-0.1, -0.05) is 6.07 Å². The number of carbonyl (C=O) groups is 3. The van der Waals surface area contributed by atoms with Gasteiger partial charge in [0.1, 0.15) is 0 Å². The summed E-state index contributed by atoms with van der Waals surface area (Å²) in [5, 5.41) is 12.0. The number of likely N-dealkylation sites (tertiary alicyclic amines) is 1. The van der Waals surface area contributed by atoms with Crippen LogP contribution < -0.4 is 5.32 Å². The maximum Gasteiger partial charge on any atom is 0.335 e. The van der Waals surface area contributed by atoms with E-state index >= 15 is 0 Å². The fourth-order valence-electron chi connectivity index (χ4n) is 3.77. The van der Waals surface area contributed by atoms with Crippen LogP contribution in [0.25, 0.3) is 0 Å². The molecule has 0 bridgehead atoms. The van der Waals surface area contributed by atoms with Crippen molar-refractivity contribution >= 4 is 17.8 Å². The fraction of sp³-hybridized carbons (Fsp3) is 0.526. The lowest BCUT2D eigenvalue weighted by Gasteiger charge is -2.29. The number of rotatable bonds is 4. The van der Waals surface area contributed by atoms with E-state index in [9.17, 15) is 14.4 Å². The number of hydrogen-bond acceptors (Lipinski definition) is 3. The molecular formula is C19H24N2O4. The molecule has 134 valence electrons. The number of amides is 2. The Labute approximate surface area is 147 Å². The van der Waals surface area contributed by atoms with Crippen molar-refractivity contribution in [3.05, 3.63) is 35.4 Å². The Hall–Kier alpha value is -2.37. The SMILES string of the molecule is O=C(O)c1cccc(C(=O)N[C@H]2CC[C@@H](C(=O)N3CCCCC3)C2)c1. The fourth-order valence-corrected chi connectivity index (χ4v) is 3.77. The average Bonchev–Trinajstić information content (AvgIpc) is 3.10. The second-order valence-electron chi connectivity index (χ2n) is 6.95. The predicted molar refractivity (Wildman–Crippen MR) is 92.4 cm³/mol. The maximum atomic E-state index is 12.6. The molecule has 1 saturated carbocycles. The van der Waals surface area contributed by atoms with Gasteiger partial charge in [0.2, 0.25) is 5.91 Å². The van der Waals surface area contributed by atoms with Gasteiger partial charge in [0.05, 0.1) is 5.56 Å². The molecule has 25 heavy (non-hydrogen) atoms. The molecule has 3 rings (SSSR count). The quantitative estimate of drug-likeness (QED) is 0.877. The molecule has 2 atom stereocenters. The van der Waals surface area contributed by atoms with E-state index in [-0.39, 0.29) is 29.3 Å². The number of carboxylic acid groups (broad SMARTS) is 1. The minimum absolute atomic E-state index is 0.00578. The molecule has 1 aromatic rings. The molecule has 1 saturated heterocycles. The molecule has 6 nitrogen and oxygen atoms in total. The lowest BCUT2D eigenvalue weighted by molar-refractivity contribution is -0.136. The molecule has 0 unspecified atom stereocenters. The van der Waals surface area contributed by atoms with Gasteiger partial charge < -0.3 is 15.3 Å². The highest BCUT2D eigenvalue weighted by Gasteiger charge is 2.33. The van der Waals surface area contributed by atoms with Crippen LogP contribution in [0.4, 0.5) is 0 Å². The van der Waals surface area contributed by atoms with Crippen LogP contribution in [0, 0.1) is 5.92 Å². The maximum absolute atomic E-state index is 12.6. The zero-order valence-corrected chi connectivity index (χ0v) is 14.2. The summed E-state index contributed by atoms with van der Waals surface area (Å²) in [5.41, 5.74) is 0.433. The Morgan fingerprint density at radius 1 is 1.04 bits per heavy atom. The van der Waals surface area contributed by atoms with E-state index in [1.807, 2.05) is 4.90 Å². The molecule has 2 aliphatic rings. The number of hydrogen-bond donors (Lipinski definition) is 2. The number of nitrogens with zero attached hydrogens (tertiary/aromatic N) is 1. The molecule has 0 aromatic heterocycles. The average molecular weight is 344 g/mol. The first-order valence-electron chi connectivity index (χ1n) is 8.97. The summed E-state index contributed by atoms with van der Waals surface area (Å²) >= 11 is 0. The van der Waals surface area contributed by atoms with Gasteiger partial charge in [-0.05, 0) is 56.7 Å². The highest BCUT2D eigenvalue weighted by Crippen LogP contribution is 2.28. The van der Waals surface area contributed by atoms with Gasteiger partial charge in [0.15, 0.2) is 0 Å². The summed E-state index contributed by atoms with van der Waals surface area (Å²) in [7, 11) is 0. The third-order valence-electron chi connectivity index (χ3n) is 5.16. The van der Waals surface area contributed by atoms with Crippen LogP contribution in [0.1, 0.15) is 59.2 Å². The van der Waals surface area contributed by atoms with Gasteiger partial charge in [-0.3, -0.25) is 9.59 Å². The van der Waals surface area contributed by atoms with E-state index in [0.29, 0.717) is 12.0 Å². The third-order valence-corrected chi connectivity index (χ3v) is 5.16. The van der Waals surface area contributed by atoms with Crippen molar-refractivity contribution < 1.29 is 19.5 Å². The van der Waals surface area contributed by atoms with Crippen molar-refractivity contribution in [2.45, 2.75) is 44.6 Å². The summed E-state index contributed by atoms with van der Waals surface area (Å²) in [5.74, 6) is -1.11. The van der Waals surface area contributed by atoms with Crippen LogP contribution in [0.3, 0.4) is 0 Å². The molecule has 2 fully saturated rings. The van der Waals surface area contributed by atoms with Gasteiger partial charge in [0.25, 0.3) is 5.91 Å². The minimum atomic E-state index is -1.05. The number of benzene rings is 1. The topological polar surface area (TPSA) is 86.7 Å². The Morgan fingerprint density at radius 2 is 1.76 bits per heavy atom. The summed E-state index contributed by atoms with van der Waals surface area (Å²) in [6, 6.07) is 5.98. The largest absolute Gasteiger partial charge is 0.478 e. The minimum Gasteiger partial charge on any atom is -0.478 e. The van der Waals surface area contributed by atoms with Crippen LogP contribution >= 0.6 is 0 Å². The summed E-state index contributed by atoms with van der Waals surface area (Å²) in [6.45, 7) is 1.71. The van der Waals surface area contributed by atoms with Crippen molar-refractivity contribution in [2.24, 2.45) is 5.92 Å². The zero-order chi connectivity index (χ0) is 17.8. The highest BCUT2D eigenvalue weighted by molar-refractivity contribution is 5.97. The van der Waals surface area contributed by atoms with Gasteiger partial charge in [-0.25, -0.2) is 4.79 Å². The zero-order valence-electron chi connectivity index (χ0n) is 14.2. The predicted octanol–water partition coefficient (Wildman–Crippen LogP) is 2.30. The first kappa shape index (κ1) is 17.5. The first-order valence-corrected chi connectivity index (χ1v) is 8.97. The molecular weight excluding hydrogens is 320 g/mol.